The zero-order valence-electron chi connectivity index (χ0n) is 12.0. The van der Waals surface area contributed by atoms with Gasteiger partial charge >= 0.3 is 5.97 Å². The largest absolute Gasteiger partial charge is 0.481 e. The van der Waals surface area contributed by atoms with Crippen LogP contribution in [0.5, 0.6) is 0 Å². The molecule has 1 aromatic carbocycles. The molecule has 20 heavy (non-hydrogen) atoms. The molecular weight excluding hydrogens is 254 g/mol. The first-order valence-electron chi connectivity index (χ1n) is 7.10. The molecule has 0 heterocycles. The Morgan fingerprint density at radius 3 is 2.45 bits per heavy atom. The van der Waals surface area contributed by atoms with Crippen molar-refractivity contribution in [1.29, 1.82) is 0 Å². The third-order valence-electron chi connectivity index (χ3n) is 4.07. The summed E-state index contributed by atoms with van der Waals surface area (Å²) in [5.41, 5.74) is 2.85. The minimum absolute atomic E-state index is 0.161. The van der Waals surface area contributed by atoms with Crippen molar-refractivity contribution in [3.05, 3.63) is 29.3 Å². The smallest absolute Gasteiger partial charge is 0.307 e. The van der Waals surface area contributed by atoms with Gasteiger partial charge in [0.25, 0.3) is 0 Å². The van der Waals surface area contributed by atoms with Gasteiger partial charge in [-0.3, -0.25) is 9.59 Å². The number of hydrogen-bond acceptors (Lipinski definition) is 2. The Morgan fingerprint density at radius 1 is 1.15 bits per heavy atom. The molecule has 1 aliphatic carbocycles. The topological polar surface area (TPSA) is 66.4 Å². The van der Waals surface area contributed by atoms with E-state index in [1.165, 1.54) is 0 Å². The minimum atomic E-state index is -0.856. The van der Waals surface area contributed by atoms with Crippen molar-refractivity contribution in [1.82, 2.24) is 0 Å². The summed E-state index contributed by atoms with van der Waals surface area (Å²) < 4.78 is 0. The summed E-state index contributed by atoms with van der Waals surface area (Å²) in [6.07, 6.45) is 3.08. The van der Waals surface area contributed by atoms with E-state index in [1.807, 2.05) is 32.0 Å². The van der Waals surface area contributed by atoms with Crippen LogP contribution in [0.4, 0.5) is 5.69 Å². The van der Waals surface area contributed by atoms with Gasteiger partial charge in [0.1, 0.15) is 0 Å². The van der Waals surface area contributed by atoms with E-state index in [0.717, 1.165) is 29.7 Å². The number of amides is 1. The maximum Gasteiger partial charge on any atom is 0.307 e. The van der Waals surface area contributed by atoms with Crippen LogP contribution in [0.25, 0.3) is 0 Å². The summed E-state index contributed by atoms with van der Waals surface area (Å²) in [5, 5.41) is 12.1. The Kier molecular flexibility index (Phi) is 4.42. The maximum atomic E-state index is 12.4. The SMILES string of the molecule is Cc1ccc(C)c(NC(=O)[C@@H]2CCCC[C@@H]2C(=O)O)c1. The molecule has 0 saturated heterocycles. The molecule has 108 valence electrons. The average molecular weight is 275 g/mol. The molecule has 2 atom stereocenters. The van der Waals surface area contributed by atoms with Gasteiger partial charge in [-0.25, -0.2) is 0 Å². The summed E-state index contributed by atoms with van der Waals surface area (Å²) in [5.74, 6) is -1.98. The van der Waals surface area contributed by atoms with Crippen molar-refractivity contribution in [2.45, 2.75) is 39.5 Å². The van der Waals surface area contributed by atoms with Gasteiger partial charge in [-0.05, 0) is 43.9 Å². The van der Waals surface area contributed by atoms with Gasteiger partial charge in [0.2, 0.25) is 5.91 Å². The third kappa shape index (κ3) is 3.18. The lowest BCUT2D eigenvalue weighted by atomic mass is 9.78. The van der Waals surface area contributed by atoms with E-state index in [9.17, 15) is 14.7 Å². The number of nitrogens with one attached hydrogen (secondary N) is 1. The Bertz CT molecular complexity index is 524. The summed E-state index contributed by atoms with van der Waals surface area (Å²) in [6.45, 7) is 3.90. The van der Waals surface area contributed by atoms with Crippen molar-refractivity contribution in [3.63, 3.8) is 0 Å². The Balaban J connectivity index is 2.14. The molecular formula is C16H21NO3. The van der Waals surface area contributed by atoms with Gasteiger partial charge in [0.15, 0.2) is 0 Å². The molecule has 0 bridgehead atoms. The van der Waals surface area contributed by atoms with Crippen LogP contribution in [0, 0.1) is 25.7 Å². The molecule has 0 radical (unpaired) electrons. The molecule has 4 heteroatoms. The number of carbonyl (C=O) groups excluding carboxylic acids is 1. The first-order chi connectivity index (χ1) is 9.49. The number of carboxylic acids is 1. The van der Waals surface area contributed by atoms with Crippen LogP contribution in [0.2, 0.25) is 0 Å². The molecule has 1 saturated carbocycles. The first kappa shape index (κ1) is 14.6. The molecule has 0 spiro atoms. The normalized spacial score (nSPS) is 22.3. The monoisotopic (exact) mass is 275 g/mol. The maximum absolute atomic E-state index is 12.4. The van der Waals surface area contributed by atoms with E-state index in [-0.39, 0.29) is 5.91 Å². The molecule has 1 aromatic rings. The standard InChI is InChI=1S/C16H21NO3/c1-10-7-8-11(2)14(9-10)17-15(18)12-5-3-4-6-13(12)16(19)20/h7-9,12-13H,3-6H2,1-2H3,(H,17,18)(H,19,20)/t12-,13+/m1/s1. The van der Waals surface area contributed by atoms with Gasteiger partial charge in [-0.1, -0.05) is 25.0 Å². The fourth-order valence-corrected chi connectivity index (χ4v) is 2.84. The van der Waals surface area contributed by atoms with Crippen molar-refractivity contribution in [2.75, 3.05) is 5.32 Å². The van der Waals surface area contributed by atoms with Crippen LogP contribution >= 0.6 is 0 Å². The average Bonchev–Trinajstić information content (AvgIpc) is 2.42. The molecule has 1 amide bonds. The van der Waals surface area contributed by atoms with Crippen molar-refractivity contribution >= 4 is 17.6 Å². The highest BCUT2D eigenvalue weighted by atomic mass is 16.4. The van der Waals surface area contributed by atoms with E-state index in [2.05, 4.69) is 5.32 Å². The van der Waals surface area contributed by atoms with Gasteiger partial charge in [0, 0.05) is 5.69 Å². The summed E-state index contributed by atoms with van der Waals surface area (Å²) in [4.78, 5) is 23.6. The fraction of sp³-hybridized carbons (Fsp3) is 0.500. The van der Waals surface area contributed by atoms with Gasteiger partial charge in [-0.2, -0.15) is 0 Å². The van der Waals surface area contributed by atoms with Crippen LogP contribution in [0.3, 0.4) is 0 Å². The van der Waals surface area contributed by atoms with Crippen LogP contribution in [0.1, 0.15) is 36.8 Å². The lowest BCUT2D eigenvalue weighted by Gasteiger charge is -2.27. The zero-order chi connectivity index (χ0) is 14.7. The number of hydrogen-bond donors (Lipinski definition) is 2. The molecule has 2 N–H and O–H groups in total. The molecule has 1 fully saturated rings. The number of anilines is 1. The number of rotatable bonds is 3. The van der Waals surface area contributed by atoms with Crippen molar-refractivity contribution in [2.24, 2.45) is 11.8 Å². The van der Waals surface area contributed by atoms with Crippen molar-refractivity contribution in [3.8, 4) is 0 Å². The highest BCUT2D eigenvalue weighted by Crippen LogP contribution is 2.31. The van der Waals surface area contributed by atoms with Crippen LogP contribution in [-0.4, -0.2) is 17.0 Å². The highest BCUT2D eigenvalue weighted by Gasteiger charge is 2.35. The van der Waals surface area contributed by atoms with E-state index >= 15 is 0 Å². The number of carboxylic acid groups (broad SMARTS) is 1. The second-order valence-corrected chi connectivity index (χ2v) is 5.64. The highest BCUT2D eigenvalue weighted by molar-refractivity contribution is 5.95. The van der Waals surface area contributed by atoms with Crippen LogP contribution in [-0.2, 0) is 9.59 Å². The first-order valence-corrected chi connectivity index (χ1v) is 7.10. The van der Waals surface area contributed by atoms with Gasteiger partial charge < -0.3 is 10.4 Å². The van der Waals surface area contributed by atoms with Crippen molar-refractivity contribution < 1.29 is 14.7 Å². The number of aryl methyl sites for hydroxylation is 2. The van der Waals surface area contributed by atoms with Crippen LogP contribution < -0.4 is 5.32 Å². The minimum Gasteiger partial charge on any atom is -0.481 e. The quantitative estimate of drug-likeness (QED) is 0.890. The van der Waals surface area contributed by atoms with Crippen LogP contribution in [0.15, 0.2) is 18.2 Å². The predicted octanol–water partition coefficient (Wildman–Crippen LogP) is 3.13. The molecule has 4 nitrogen and oxygen atoms in total. The molecule has 2 rings (SSSR count). The molecule has 0 unspecified atom stereocenters. The Morgan fingerprint density at radius 2 is 1.80 bits per heavy atom. The van der Waals surface area contributed by atoms with E-state index in [0.29, 0.717) is 12.8 Å². The second kappa shape index (κ2) is 6.07. The summed E-state index contributed by atoms with van der Waals surface area (Å²) >= 11 is 0. The lowest BCUT2D eigenvalue weighted by Crippen LogP contribution is -2.36. The number of aliphatic carboxylic acids is 1. The second-order valence-electron chi connectivity index (χ2n) is 5.64. The third-order valence-corrected chi connectivity index (χ3v) is 4.07. The number of benzene rings is 1. The molecule has 1 aliphatic rings. The van der Waals surface area contributed by atoms with E-state index < -0.39 is 17.8 Å². The lowest BCUT2D eigenvalue weighted by molar-refractivity contribution is -0.147. The number of carbonyl (C=O) groups is 2. The van der Waals surface area contributed by atoms with E-state index in [4.69, 9.17) is 0 Å². The Labute approximate surface area is 119 Å². The molecule has 0 aliphatic heterocycles. The summed E-state index contributed by atoms with van der Waals surface area (Å²) in [7, 11) is 0. The Hall–Kier alpha value is -1.84. The van der Waals surface area contributed by atoms with E-state index in [1.54, 1.807) is 0 Å². The molecule has 0 aromatic heterocycles. The predicted molar refractivity (Wildman–Crippen MR) is 77.6 cm³/mol. The van der Waals surface area contributed by atoms with Gasteiger partial charge in [0.05, 0.1) is 11.8 Å². The zero-order valence-corrected chi connectivity index (χ0v) is 12.0. The van der Waals surface area contributed by atoms with Gasteiger partial charge in [-0.15, -0.1) is 0 Å². The summed E-state index contributed by atoms with van der Waals surface area (Å²) in [6, 6.07) is 5.87. The fourth-order valence-electron chi connectivity index (χ4n) is 2.84.